The minimum atomic E-state index is 0.373. The van der Waals surface area contributed by atoms with Crippen molar-refractivity contribution in [3.8, 4) is 0 Å². The minimum Gasteiger partial charge on any atom is -0.310 e. The van der Waals surface area contributed by atoms with E-state index in [0.717, 1.165) is 0 Å². The number of rotatable bonds is 5. The first kappa shape index (κ1) is 17.3. The van der Waals surface area contributed by atoms with Crippen molar-refractivity contribution in [2.24, 2.45) is 5.41 Å². The summed E-state index contributed by atoms with van der Waals surface area (Å²) < 4.78 is 0. The van der Waals surface area contributed by atoms with E-state index in [1.54, 1.807) is 0 Å². The Morgan fingerprint density at radius 1 is 1.05 bits per heavy atom. The fourth-order valence-corrected chi connectivity index (χ4v) is 4.24. The molecule has 1 atom stereocenters. The molecule has 2 aliphatic rings. The third-order valence-electron chi connectivity index (χ3n) is 5.86. The molecule has 124 valence electrons. The molecule has 1 saturated heterocycles. The Kier molecular flexibility index (Phi) is 6.14. The normalized spacial score (nSPS) is 27.1. The Balaban J connectivity index is 1.99. The molecule has 2 fully saturated rings. The zero-order chi connectivity index (χ0) is 15.3. The number of hydrogen-bond donors (Lipinski definition) is 1. The highest BCUT2D eigenvalue weighted by Crippen LogP contribution is 2.37. The van der Waals surface area contributed by atoms with Gasteiger partial charge >= 0.3 is 0 Å². The molecule has 1 heterocycles. The van der Waals surface area contributed by atoms with E-state index in [0.29, 0.717) is 17.0 Å². The third kappa shape index (κ3) is 4.45. The van der Waals surface area contributed by atoms with Crippen LogP contribution in [0.3, 0.4) is 0 Å². The quantitative estimate of drug-likeness (QED) is 0.746. The minimum absolute atomic E-state index is 0.373. The molecule has 0 aromatic heterocycles. The molecule has 2 heteroatoms. The molecule has 2 rings (SSSR count). The van der Waals surface area contributed by atoms with Crippen molar-refractivity contribution in [3.05, 3.63) is 0 Å². The lowest BCUT2D eigenvalue weighted by molar-refractivity contribution is -0.0110. The predicted octanol–water partition coefficient (Wildman–Crippen LogP) is 4.59. The predicted molar refractivity (Wildman–Crippen MR) is 92.8 cm³/mol. The van der Waals surface area contributed by atoms with Crippen LogP contribution < -0.4 is 5.32 Å². The van der Waals surface area contributed by atoms with Gasteiger partial charge in [0.25, 0.3) is 0 Å². The Bertz CT molecular complexity index is 299. The van der Waals surface area contributed by atoms with E-state index in [2.05, 4.69) is 37.9 Å². The van der Waals surface area contributed by atoms with Crippen LogP contribution in [0, 0.1) is 5.41 Å². The van der Waals surface area contributed by atoms with Gasteiger partial charge in [-0.1, -0.05) is 66.2 Å². The fraction of sp³-hybridized carbons (Fsp3) is 1.00. The second-order valence-corrected chi connectivity index (χ2v) is 8.59. The van der Waals surface area contributed by atoms with E-state index >= 15 is 0 Å². The monoisotopic (exact) mass is 294 g/mol. The summed E-state index contributed by atoms with van der Waals surface area (Å²) in [5.41, 5.74) is 0.865. The van der Waals surface area contributed by atoms with Gasteiger partial charge in [-0.2, -0.15) is 0 Å². The molecule has 0 amide bonds. The first-order chi connectivity index (χ1) is 9.98. The van der Waals surface area contributed by atoms with Gasteiger partial charge < -0.3 is 5.32 Å². The summed E-state index contributed by atoms with van der Waals surface area (Å²) in [7, 11) is 0. The topological polar surface area (TPSA) is 15.3 Å². The highest BCUT2D eigenvalue weighted by atomic mass is 15.3. The second kappa shape index (κ2) is 7.46. The maximum Gasteiger partial charge on any atom is 0.0334 e. The van der Waals surface area contributed by atoms with Crippen molar-refractivity contribution < 1.29 is 0 Å². The Hall–Kier alpha value is -0.0800. The van der Waals surface area contributed by atoms with E-state index in [1.165, 1.54) is 77.4 Å². The maximum atomic E-state index is 3.91. The zero-order valence-corrected chi connectivity index (χ0v) is 15.0. The molecule has 1 unspecified atom stereocenters. The molecule has 1 saturated carbocycles. The van der Waals surface area contributed by atoms with E-state index in [4.69, 9.17) is 0 Å². The number of nitrogens with one attached hydrogen (secondary N) is 1. The Morgan fingerprint density at radius 2 is 1.76 bits per heavy atom. The van der Waals surface area contributed by atoms with Crippen LogP contribution in [-0.2, 0) is 0 Å². The standard InChI is InChI=1S/C19H38N2/c1-5-6-7-11-14-21-15-17(18(2,3)4)20-16-19(21)12-9-8-10-13-19/h17,20H,5-16H2,1-4H3. The van der Waals surface area contributed by atoms with E-state index in [1.807, 2.05) is 0 Å². The summed E-state index contributed by atoms with van der Waals surface area (Å²) in [6, 6.07) is 0.649. The maximum absolute atomic E-state index is 3.91. The van der Waals surface area contributed by atoms with E-state index in [9.17, 15) is 0 Å². The summed E-state index contributed by atoms with van der Waals surface area (Å²) in [6.45, 7) is 13.3. The van der Waals surface area contributed by atoms with Gasteiger partial charge in [0.1, 0.15) is 0 Å². The van der Waals surface area contributed by atoms with E-state index in [-0.39, 0.29) is 0 Å². The summed E-state index contributed by atoms with van der Waals surface area (Å²) in [6.07, 6.45) is 12.7. The average molecular weight is 295 g/mol. The van der Waals surface area contributed by atoms with Crippen molar-refractivity contribution in [1.82, 2.24) is 10.2 Å². The highest BCUT2D eigenvalue weighted by molar-refractivity contribution is 5.02. The van der Waals surface area contributed by atoms with Gasteiger partial charge in [0, 0.05) is 24.7 Å². The van der Waals surface area contributed by atoms with Crippen molar-refractivity contribution in [2.45, 2.75) is 97.1 Å². The first-order valence-electron chi connectivity index (χ1n) is 9.46. The van der Waals surface area contributed by atoms with Gasteiger partial charge in [0.15, 0.2) is 0 Å². The molecule has 21 heavy (non-hydrogen) atoms. The van der Waals surface area contributed by atoms with Crippen molar-refractivity contribution in [1.29, 1.82) is 0 Å². The number of unbranched alkanes of at least 4 members (excludes halogenated alkanes) is 3. The molecule has 0 bridgehead atoms. The number of piperazine rings is 1. The van der Waals surface area contributed by atoms with Crippen molar-refractivity contribution in [3.63, 3.8) is 0 Å². The van der Waals surface area contributed by atoms with Crippen molar-refractivity contribution >= 4 is 0 Å². The molecule has 1 aliphatic carbocycles. The van der Waals surface area contributed by atoms with Crippen LogP contribution in [0.5, 0.6) is 0 Å². The molecule has 1 aliphatic heterocycles. The summed E-state index contributed by atoms with van der Waals surface area (Å²) in [5.74, 6) is 0. The Labute approximate surface area is 133 Å². The molecule has 0 radical (unpaired) electrons. The lowest BCUT2D eigenvalue weighted by atomic mass is 9.75. The van der Waals surface area contributed by atoms with Crippen LogP contribution in [0.2, 0.25) is 0 Å². The lowest BCUT2D eigenvalue weighted by Gasteiger charge is -2.54. The van der Waals surface area contributed by atoms with E-state index < -0.39 is 0 Å². The first-order valence-corrected chi connectivity index (χ1v) is 9.46. The van der Waals surface area contributed by atoms with Crippen LogP contribution in [0.15, 0.2) is 0 Å². The van der Waals surface area contributed by atoms with Gasteiger partial charge in [-0.25, -0.2) is 0 Å². The zero-order valence-electron chi connectivity index (χ0n) is 15.0. The summed E-state index contributed by atoms with van der Waals surface area (Å²) in [5, 5.41) is 3.91. The Morgan fingerprint density at radius 3 is 2.38 bits per heavy atom. The molecular formula is C19H38N2. The lowest BCUT2D eigenvalue weighted by Crippen LogP contribution is -2.67. The SMILES string of the molecule is CCCCCCN1CC(C(C)(C)C)NCC12CCCCC2. The number of hydrogen-bond acceptors (Lipinski definition) is 2. The molecular weight excluding hydrogens is 256 g/mol. The van der Waals surface area contributed by atoms with Gasteiger partial charge in [-0.3, -0.25) is 4.90 Å². The van der Waals surface area contributed by atoms with Gasteiger partial charge in [-0.15, -0.1) is 0 Å². The van der Waals surface area contributed by atoms with Gasteiger partial charge in [0.2, 0.25) is 0 Å². The van der Waals surface area contributed by atoms with Crippen LogP contribution >= 0.6 is 0 Å². The second-order valence-electron chi connectivity index (χ2n) is 8.59. The molecule has 0 aromatic carbocycles. The fourth-order valence-electron chi connectivity index (χ4n) is 4.24. The summed E-state index contributed by atoms with van der Waals surface area (Å²) >= 11 is 0. The number of nitrogens with zero attached hydrogens (tertiary/aromatic N) is 1. The van der Waals surface area contributed by atoms with Gasteiger partial charge in [-0.05, 0) is 31.2 Å². The van der Waals surface area contributed by atoms with Crippen LogP contribution in [0.1, 0.15) is 85.5 Å². The molecule has 1 N–H and O–H groups in total. The third-order valence-corrected chi connectivity index (χ3v) is 5.86. The van der Waals surface area contributed by atoms with Crippen LogP contribution in [-0.4, -0.2) is 36.1 Å². The van der Waals surface area contributed by atoms with Crippen molar-refractivity contribution in [2.75, 3.05) is 19.6 Å². The van der Waals surface area contributed by atoms with Crippen LogP contribution in [0.4, 0.5) is 0 Å². The summed E-state index contributed by atoms with van der Waals surface area (Å²) in [4.78, 5) is 2.90. The molecule has 2 nitrogen and oxygen atoms in total. The van der Waals surface area contributed by atoms with Gasteiger partial charge in [0.05, 0.1) is 0 Å². The smallest absolute Gasteiger partial charge is 0.0334 e. The molecule has 1 spiro atoms. The molecule has 0 aromatic rings. The van der Waals surface area contributed by atoms with Crippen LogP contribution in [0.25, 0.3) is 0 Å². The highest BCUT2D eigenvalue weighted by Gasteiger charge is 2.43. The largest absolute Gasteiger partial charge is 0.310 e. The average Bonchev–Trinajstić information content (AvgIpc) is 2.45.